The zero-order valence-electron chi connectivity index (χ0n) is 10.7. The van der Waals surface area contributed by atoms with Crippen molar-refractivity contribution in [3.05, 3.63) is 70.5 Å². The predicted molar refractivity (Wildman–Crippen MR) is 75.7 cm³/mol. The summed E-state index contributed by atoms with van der Waals surface area (Å²) in [5.74, 6) is -0.453. The molecular weight excluding hydrogens is 263 g/mol. The van der Waals surface area contributed by atoms with Gasteiger partial charge in [0.05, 0.1) is 10.6 Å². The lowest BCUT2D eigenvalue weighted by Gasteiger charge is -2.28. The minimum absolute atomic E-state index is 0.0882. The van der Waals surface area contributed by atoms with Crippen LogP contribution in [0.2, 0.25) is 5.02 Å². The molecule has 0 spiro atoms. The zero-order valence-corrected chi connectivity index (χ0v) is 11.5. The molecule has 1 nitrogen and oxygen atoms in total. The van der Waals surface area contributed by atoms with E-state index in [1.807, 2.05) is 37.3 Å². The summed E-state index contributed by atoms with van der Waals surface area (Å²) in [6, 6.07) is 14.1. The number of hydrogen-bond acceptors (Lipinski definition) is 1. The van der Waals surface area contributed by atoms with E-state index in [4.69, 9.17) is 11.6 Å². The highest BCUT2D eigenvalue weighted by Crippen LogP contribution is 2.32. The zero-order chi connectivity index (χ0) is 13.9. The smallest absolute Gasteiger partial charge is 0.142 e. The maximum Gasteiger partial charge on any atom is 0.142 e. The molecule has 1 N–H and O–H groups in total. The van der Waals surface area contributed by atoms with Gasteiger partial charge in [-0.1, -0.05) is 61.0 Å². The molecule has 19 heavy (non-hydrogen) atoms. The van der Waals surface area contributed by atoms with E-state index in [2.05, 4.69) is 0 Å². The van der Waals surface area contributed by atoms with E-state index >= 15 is 0 Å². The predicted octanol–water partition coefficient (Wildman–Crippen LogP) is 4.32. The molecule has 0 fully saturated rings. The molecule has 0 saturated carbocycles. The van der Waals surface area contributed by atoms with E-state index < -0.39 is 11.4 Å². The van der Waals surface area contributed by atoms with Gasteiger partial charge in [0.15, 0.2) is 0 Å². The van der Waals surface area contributed by atoms with Crippen LogP contribution in [0.5, 0.6) is 0 Å². The number of halogens is 2. The van der Waals surface area contributed by atoms with Gasteiger partial charge >= 0.3 is 0 Å². The minimum Gasteiger partial charge on any atom is -0.385 e. The molecule has 2 rings (SSSR count). The second-order valence-electron chi connectivity index (χ2n) is 4.64. The Hall–Kier alpha value is -1.38. The fraction of sp³-hybridized carbons (Fsp3) is 0.250. The lowest BCUT2D eigenvalue weighted by atomic mass is 9.85. The topological polar surface area (TPSA) is 20.2 Å². The fourth-order valence-electron chi connectivity index (χ4n) is 2.18. The molecule has 0 aliphatic heterocycles. The van der Waals surface area contributed by atoms with Crippen LogP contribution in [-0.4, -0.2) is 5.11 Å². The molecule has 0 radical (unpaired) electrons. The van der Waals surface area contributed by atoms with Gasteiger partial charge in [0.2, 0.25) is 0 Å². The van der Waals surface area contributed by atoms with E-state index in [9.17, 15) is 9.50 Å². The average Bonchev–Trinajstić information content (AvgIpc) is 2.45. The van der Waals surface area contributed by atoms with Gasteiger partial charge in [-0.25, -0.2) is 4.39 Å². The Bertz CT molecular complexity index is 556. The monoisotopic (exact) mass is 278 g/mol. The first-order valence-electron chi connectivity index (χ1n) is 6.27. The van der Waals surface area contributed by atoms with E-state index in [0.29, 0.717) is 18.4 Å². The van der Waals surface area contributed by atoms with Crippen molar-refractivity contribution in [3.8, 4) is 0 Å². The second-order valence-corrected chi connectivity index (χ2v) is 5.02. The normalized spacial score (nSPS) is 14.1. The lowest BCUT2D eigenvalue weighted by molar-refractivity contribution is 0.0327. The summed E-state index contributed by atoms with van der Waals surface area (Å²) < 4.78 is 13.4. The van der Waals surface area contributed by atoms with Gasteiger partial charge in [0.25, 0.3) is 0 Å². The molecule has 0 saturated heterocycles. The van der Waals surface area contributed by atoms with Crippen LogP contribution in [0.4, 0.5) is 4.39 Å². The summed E-state index contributed by atoms with van der Waals surface area (Å²) in [7, 11) is 0. The first-order valence-corrected chi connectivity index (χ1v) is 6.65. The summed E-state index contributed by atoms with van der Waals surface area (Å²) in [5, 5.41) is 10.9. The number of rotatable bonds is 4. The van der Waals surface area contributed by atoms with Crippen molar-refractivity contribution in [1.82, 2.24) is 0 Å². The van der Waals surface area contributed by atoms with Gasteiger partial charge in [-0.05, 0) is 23.6 Å². The van der Waals surface area contributed by atoms with Crippen LogP contribution < -0.4 is 0 Å². The third-order valence-electron chi connectivity index (χ3n) is 3.41. The van der Waals surface area contributed by atoms with E-state index in [0.717, 1.165) is 5.56 Å². The summed E-state index contributed by atoms with van der Waals surface area (Å²) in [5.41, 5.74) is 0.409. The first-order chi connectivity index (χ1) is 9.07. The molecule has 2 aromatic rings. The molecule has 0 heterocycles. The van der Waals surface area contributed by atoms with Crippen molar-refractivity contribution in [1.29, 1.82) is 0 Å². The molecule has 0 bridgehead atoms. The Labute approximate surface area is 117 Å². The van der Waals surface area contributed by atoms with E-state index in [1.54, 1.807) is 12.1 Å². The number of hydrogen-bond donors (Lipinski definition) is 1. The Balaban J connectivity index is 2.36. The van der Waals surface area contributed by atoms with Gasteiger partial charge in [-0.2, -0.15) is 0 Å². The van der Waals surface area contributed by atoms with Crippen LogP contribution in [0.1, 0.15) is 24.5 Å². The molecular formula is C16H16ClFO. The summed E-state index contributed by atoms with van der Waals surface area (Å²) >= 11 is 5.96. The maximum absolute atomic E-state index is 13.4. The maximum atomic E-state index is 13.4. The highest BCUT2D eigenvalue weighted by molar-refractivity contribution is 6.31. The Morgan fingerprint density at radius 2 is 1.79 bits per heavy atom. The molecule has 0 aromatic heterocycles. The molecule has 1 unspecified atom stereocenters. The lowest BCUT2D eigenvalue weighted by Crippen LogP contribution is -2.27. The average molecular weight is 279 g/mol. The van der Waals surface area contributed by atoms with Crippen molar-refractivity contribution >= 4 is 11.6 Å². The largest absolute Gasteiger partial charge is 0.385 e. The van der Waals surface area contributed by atoms with Crippen molar-refractivity contribution in [2.45, 2.75) is 25.4 Å². The van der Waals surface area contributed by atoms with Crippen molar-refractivity contribution in [3.63, 3.8) is 0 Å². The SMILES string of the molecule is CCC(O)(Cc1cccc(F)c1Cl)c1ccccc1. The molecule has 1 atom stereocenters. The van der Waals surface area contributed by atoms with Gasteiger partial charge in [-0.3, -0.25) is 0 Å². The van der Waals surface area contributed by atoms with Crippen LogP contribution in [0, 0.1) is 5.82 Å². The quantitative estimate of drug-likeness (QED) is 0.883. The van der Waals surface area contributed by atoms with Crippen LogP contribution >= 0.6 is 11.6 Å². The van der Waals surface area contributed by atoms with Crippen molar-refractivity contribution in [2.24, 2.45) is 0 Å². The van der Waals surface area contributed by atoms with Crippen LogP contribution in [0.3, 0.4) is 0 Å². The number of benzene rings is 2. The molecule has 0 aliphatic rings. The first kappa shape index (κ1) is 14.0. The van der Waals surface area contributed by atoms with Crippen LogP contribution in [0.25, 0.3) is 0 Å². The van der Waals surface area contributed by atoms with E-state index in [1.165, 1.54) is 6.07 Å². The molecule has 2 aromatic carbocycles. The Kier molecular flexibility index (Phi) is 4.23. The van der Waals surface area contributed by atoms with Crippen LogP contribution in [0.15, 0.2) is 48.5 Å². The van der Waals surface area contributed by atoms with E-state index in [-0.39, 0.29) is 5.02 Å². The summed E-state index contributed by atoms with van der Waals surface area (Å²) in [6.45, 7) is 1.90. The van der Waals surface area contributed by atoms with Crippen LogP contribution in [-0.2, 0) is 12.0 Å². The molecule has 0 amide bonds. The highest BCUT2D eigenvalue weighted by Gasteiger charge is 2.28. The fourth-order valence-corrected chi connectivity index (χ4v) is 2.37. The standard InChI is InChI=1S/C16H16ClFO/c1-2-16(19,13-8-4-3-5-9-13)11-12-7-6-10-14(18)15(12)17/h3-10,19H,2,11H2,1H3. The number of aliphatic hydroxyl groups is 1. The van der Waals surface area contributed by atoms with Crippen molar-refractivity contribution in [2.75, 3.05) is 0 Å². The van der Waals surface area contributed by atoms with Gasteiger partial charge < -0.3 is 5.11 Å². The third-order valence-corrected chi connectivity index (χ3v) is 3.83. The third kappa shape index (κ3) is 2.96. The van der Waals surface area contributed by atoms with Gasteiger partial charge in [0, 0.05) is 6.42 Å². The van der Waals surface area contributed by atoms with Crippen molar-refractivity contribution < 1.29 is 9.50 Å². The highest BCUT2D eigenvalue weighted by atomic mass is 35.5. The Morgan fingerprint density at radius 3 is 2.42 bits per heavy atom. The second kappa shape index (κ2) is 5.72. The minimum atomic E-state index is -1.03. The summed E-state index contributed by atoms with van der Waals surface area (Å²) in [6.07, 6.45) is 0.827. The molecule has 0 aliphatic carbocycles. The van der Waals surface area contributed by atoms with Gasteiger partial charge in [0.1, 0.15) is 5.82 Å². The Morgan fingerprint density at radius 1 is 1.11 bits per heavy atom. The van der Waals surface area contributed by atoms with Gasteiger partial charge in [-0.15, -0.1) is 0 Å². The summed E-state index contributed by atoms with van der Waals surface area (Å²) in [4.78, 5) is 0. The molecule has 100 valence electrons. The molecule has 3 heteroatoms.